The number of hydrogen-bond acceptors (Lipinski definition) is 8. The normalized spacial score (nSPS) is 21.5. The molecule has 5 rings (SSSR count). The summed E-state index contributed by atoms with van der Waals surface area (Å²) in [6.07, 6.45) is -0.0447. The molecular weight excluding hydrogens is 508 g/mol. The van der Waals surface area contributed by atoms with Crippen molar-refractivity contribution in [2.45, 2.75) is 31.8 Å². The Kier molecular flexibility index (Phi) is 7.11. The Labute approximate surface area is 214 Å². The van der Waals surface area contributed by atoms with Gasteiger partial charge in [0.05, 0.1) is 54.8 Å². The molecule has 12 heteroatoms. The average Bonchev–Trinajstić information content (AvgIpc) is 3.36. The molecule has 3 aliphatic rings. The number of pyridine rings is 1. The number of likely N-dealkylation sites (tertiary alicyclic amines) is 1. The van der Waals surface area contributed by atoms with Crippen LogP contribution in [0, 0.1) is 5.92 Å². The molecule has 1 atom stereocenters. The van der Waals surface area contributed by atoms with Crippen molar-refractivity contribution >= 4 is 27.1 Å². The molecule has 9 nitrogen and oxygen atoms in total. The van der Waals surface area contributed by atoms with Gasteiger partial charge in [0.1, 0.15) is 34.0 Å². The Hall–Kier alpha value is -3.15. The summed E-state index contributed by atoms with van der Waals surface area (Å²) in [4.78, 5) is 20.6. The van der Waals surface area contributed by atoms with Crippen molar-refractivity contribution in [2.75, 3.05) is 49.8 Å². The number of halogens is 2. The zero-order chi connectivity index (χ0) is 26.2. The molecule has 0 spiro atoms. The summed E-state index contributed by atoms with van der Waals surface area (Å²) in [7, 11) is -1.72. The highest BCUT2D eigenvalue weighted by atomic mass is 32.2. The molecule has 0 aliphatic carbocycles. The fraction of sp³-hybridized carbons (Fsp3) is 0.520. The zero-order valence-corrected chi connectivity index (χ0v) is 21.3. The lowest BCUT2D eigenvalue weighted by Gasteiger charge is -2.32. The monoisotopic (exact) mass is 537 g/mol. The standard InChI is InChI=1S/C25H29F2N3O6S/c1-34-24-20(23(26)27)12-17(14-28-24)30-8-9-35-22-3-2-18(13-21(22)30)36-19-4-7-29(15-19)25(31)16-5-10-37(32,33)11-6-16/h2-3,12-14,16,19,23H,4-11,15H2,1H3. The van der Waals surface area contributed by atoms with Gasteiger partial charge in [-0.2, -0.15) is 0 Å². The summed E-state index contributed by atoms with van der Waals surface area (Å²) >= 11 is 0. The molecule has 1 amide bonds. The summed E-state index contributed by atoms with van der Waals surface area (Å²) in [6.45, 7) is 1.81. The Balaban J connectivity index is 1.28. The molecule has 2 fully saturated rings. The Morgan fingerprint density at radius 2 is 1.95 bits per heavy atom. The second-order valence-electron chi connectivity index (χ2n) is 9.46. The van der Waals surface area contributed by atoms with E-state index in [2.05, 4.69) is 4.98 Å². The van der Waals surface area contributed by atoms with E-state index in [-0.39, 0.29) is 40.9 Å². The van der Waals surface area contributed by atoms with Crippen molar-refractivity contribution in [1.82, 2.24) is 9.88 Å². The predicted octanol–water partition coefficient (Wildman–Crippen LogP) is 3.36. The summed E-state index contributed by atoms with van der Waals surface area (Å²) < 4.78 is 67.4. The number of alkyl halides is 2. The molecule has 200 valence electrons. The molecule has 2 aromatic rings. The molecule has 4 heterocycles. The van der Waals surface area contributed by atoms with Gasteiger partial charge in [0, 0.05) is 24.9 Å². The van der Waals surface area contributed by atoms with Gasteiger partial charge >= 0.3 is 0 Å². The zero-order valence-electron chi connectivity index (χ0n) is 20.4. The van der Waals surface area contributed by atoms with Gasteiger partial charge in [0.2, 0.25) is 11.8 Å². The minimum atomic E-state index is -3.02. The molecule has 0 N–H and O–H groups in total. The SMILES string of the molecule is COc1ncc(N2CCOc3ccc(OC4CCN(C(=O)C5CCS(=O)(=O)CC5)C4)cc32)cc1C(F)F. The maximum atomic E-state index is 13.6. The molecule has 0 bridgehead atoms. The van der Waals surface area contributed by atoms with Gasteiger partial charge in [0.15, 0.2) is 0 Å². The molecular formula is C25H29F2N3O6S. The van der Waals surface area contributed by atoms with E-state index in [0.717, 1.165) is 0 Å². The van der Waals surface area contributed by atoms with Crippen molar-refractivity contribution in [3.63, 3.8) is 0 Å². The van der Waals surface area contributed by atoms with E-state index in [1.807, 2.05) is 4.90 Å². The van der Waals surface area contributed by atoms with Gasteiger partial charge < -0.3 is 24.0 Å². The van der Waals surface area contributed by atoms with Gasteiger partial charge in [-0.1, -0.05) is 0 Å². The van der Waals surface area contributed by atoms with Gasteiger partial charge in [-0.15, -0.1) is 0 Å². The Morgan fingerprint density at radius 3 is 2.68 bits per heavy atom. The van der Waals surface area contributed by atoms with Crippen LogP contribution in [0.15, 0.2) is 30.5 Å². The van der Waals surface area contributed by atoms with Crippen LogP contribution in [0.1, 0.15) is 31.3 Å². The van der Waals surface area contributed by atoms with Crippen molar-refractivity contribution in [1.29, 1.82) is 0 Å². The number of sulfone groups is 1. The van der Waals surface area contributed by atoms with Crippen molar-refractivity contribution in [3.8, 4) is 17.4 Å². The first kappa shape index (κ1) is 25.5. The number of methoxy groups -OCH3 is 1. The summed E-state index contributed by atoms with van der Waals surface area (Å²) in [5.41, 5.74) is 0.877. The number of nitrogens with zero attached hydrogens (tertiary/aromatic N) is 3. The molecule has 0 radical (unpaired) electrons. The quantitative estimate of drug-likeness (QED) is 0.553. The van der Waals surface area contributed by atoms with Crippen LogP contribution in [-0.2, 0) is 14.6 Å². The first-order valence-corrected chi connectivity index (χ1v) is 14.1. The van der Waals surface area contributed by atoms with E-state index in [4.69, 9.17) is 14.2 Å². The highest BCUT2D eigenvalue weighted by molar-refractivity contribution is 7.91. The Morgan fingerprint density at radius 1 is 1.16 bits per heavy atom. The predicted molar refractivity (Wildman–Crippen MR) is 132 cm³/mol. The number of hydrogen-bond donors (Lipinski definition) is 0. The number of rotatable bonds is 6. The summed E-state index contributed by atoms with van der Waals surface area (Å²) in [5.74, 6) is 0.928. The molecule has 1 aromatic carbocycles. The largest absolute Gasteiger partial charge is 0.490 e. The van der Waals surface area contributed by atoms with Gasteiger partial charge in [-0.25, -0.2) is 22.2 Å². The number of benzene rings is 1. The van der Waals surface area contributed by atoms with Gasteiger partial charge in [-0.3, -0.25) is 4.79 Å². The first-order valence-electron chi connectivity index (χ1n) is 12.3. The van der Waals surface area contributed by atoms with E-state index < -0.39 is 16.3 Å². The summed E-state index contributed by atoms with van der Waals surface area (Å²) in [6, 6.07) is 6.74. The number of anilines is 2. The van der Waals surface area contributed by atoms with Crippen LogP contribution in [0.5, 0.6) is 17.4 Å². The van der Waals surface area contributed by atoms with Crippen LogP contribution in [0.4, 0.5) is 20.2 Å². The number of amides is 1. The molecule has 1 unspecified atom stereocenters. The van der Waals surface area contributed by atoms with Crippen molar-refractivity contribution in [2.24, 2.45) is 5.92 Å². The fourth-order valence-corrected chi connectivity index (χ4v) is 6.57. The van der Waals surface area contributed by atoms with Crippen LogP contribution >= 0.6 is 0 Å². The number of carbonyl (C=O) groups excluding carboxylic acids is 1. The van der Waals surface area contributed by atoms with E-state index >= 15 is 0 Å². The lowest BCUT2D eigenvalue weighted by atomic mass is 10.0. The van der Waals surface area contributed by atoms with Crippen molar-refractivity contribution < 1.29 is 36.2 Å². The highest BCUT2D eigenvalue weighted by Gasteiger charge is 2.35. The van der Waals surface area contributed by atoms with Crippen LogP contribution < -0.4 is 19.1 Å². The van der Waals surface area contributed by atoms with E-state index in [9.17, 15) is 22.0 Å². The molecule has 2 saturated heterocycles. The third-order valence-electron chi connectivity index (χ3n) is 7.06. The van der Waals surface area contributed by atoms with Crippen LogP contribution in [0.25, 0.3) is 0 Å². The average molecular weight is 538 g/mol. The smallest absolute Gasteiger partial charge is 0.269 e. The lowest BCUT2D eigenvalue weighted by molar-refractivity contribution is -0.135. The second-order valence-corrected chi connectivity index (χ2v) is 11.8. The molecule has 1 aromatic heterocycles. The number of fused-ring (bicyclic) bond motifs is 1. The highest BCUT2D eigenvalue weighted by Crippen LogP contribution is 2.41. The first-order chi connectivity index (χ1) is 17.7. The van der Waals surface area contributed by atoms with Gasteiger partial charge in [0.25, 0.3) is 6.43 Å². The van der Waals surface area contributed by atoms with Crippen LogP contribution in [-0.4, -0.2) is 75.2 Å². The van der Waals surface area contributed by atoms with Crippen molar-refractivity contribution in [3.05, 3.63) is 36.0 Å². The van der Waals surface area contributed by atoms with E-state index in [1.165, 1.54) is 19.4 Å². The third kappa shape index (κ3) is 5.43. The van der Waals surface area contributed by atoms with Crippen LogP contribution in [0.2, 0.25) is 0 Å². The maximum Gasteiger partial charge on any atom is 0.269 e. The fourth-order valence-electron chi connectivity index (χ4n) is 5.08. The van der Waals surface area contributed by atoms with E-state index in [1.54, 1.807) is 23.1 Å². The van der Waals surface area contributed by atoms with E-state index in [0.29, 0.717) is 68.4 Å². The van der Waals surface area contributed by atoms with Gasteiger partial charge in [-0.05, 0) is 31.0 Å². The lowest BCUT2D eigenvalue weighted by Crippen LogP contribution is -2.39. The maximum absolute atomic E-state index is 13.6. The Bertz CT molecular complexity index is 1260. The van der Waals surface area contributed by atoms with Crippen LogP contribution in [0.3, 0.4) is 0 Å². The molecule has 3 aliphatic heterocycles. The molecule has 0 saturated carbocycles. The number of ether oxygens (including phenoxy) is 3. The minimum absolute atomic E-state index is 0.00661. The molecule has 37 heavy (non-hydrogen) atoms. The number of carbonyl (C=O) groups is 1. The third-order valence-corrected chi connectivity index (χ3v) is 8.78. The topological polar surface area (TPSA) is 98.3 Å². The minimum Gasteiger partial charge on any atom is -0.490 e. The summed E-state index contributed by atoms with van der Waals surface area (Å²) in [5, 5.41) is 0. The second kappa shape index (κ2) is 10.3. The number of aromatic nitrogens is 1.